The minimum atomic E-state index is -0.678. The van der Waals surface area contributed by atoms with Crippen molar-refractivity contribution >= 4 is 29.0 Å². The first-order chi connectivity index (χ1) is 9.08. The summed E-state index contributed by atoms with van der Waals surface area (Å²) in [6.45, 7) is -0.280. The van der Waals surface area contributed by atoms with Gasteiger partial charge in [0.1, 0.15) is 0 Å². The molecule has 0 aliphatic heterocycles. The molecule has 0 N–H and O–H groups in total. The van der Waals surface area contributed by atoms with E-state index in [1.165, 1.54) is 18.2 Å². The molecular formula is C14H9Cl2FO2. The quantitative estimate of drug-likeness (QED) is 0.782. The molecule has 0 heterocycles. The molecule has 0 aromatic heterocycles. The standard InChI is InChI=1S/C14H9Cl2FO2/c15-10-4-1-3-9(7-10)12(18)8-19-13-6-2-5-11(16)14(13)17/h1-7H,8H2. The van der Waals surface area contributed by atoms with Crippen LogP contribution in [0.25, 0.3) is 0 Å². The number of benzene rings is 2. The Hall–Kier alpha value is -1.58. The van der Waals surface area contributed by atoms with Crippen LogP contribution in [0.15, 0.2) is 42.5 Å². The van der Waals surface area contributed by atoms with Gasteiger partial charge in [0.2, 0.25) is 0 Å². The van der Waals surface area contributed by atoms with Crippen molar-refractivity contribution in [2.75, 3.05) is 6.61 Å². The summed E-state index contributed by atoms with van der Waals surface area (Å²) in [5.74, 6) is -1.02. The van der Waals surface area contributed by atoms with Gasteiger partial charge in [0.15, 0.2) is 24.0 Å². The zero-order valence-corrected chi connectivity index (χ0v) is 11.2. The number of carbonyl (C=O) groups is 1. The predicted octanol–water partition coefficient (Wildman–Crippen LogP) is 4.39. The van der Waals surface area contributed by atoms with Crippen molar-refractivity contribution in [2.45, 2.75) is 0 Å². The molecule has 2 aromatic carbocycles. The zero-order chi connectivity index (χ0) is 13.8. The van der Waals surface area contributed by atoms with Gasteiger partial charge in [0.05, 0.1) is 5.02 Å². The summed E-state index contributed by atoms with van der Waals surface area (Å²) in [5.41, 5.74) is 0.412. The van der Waals surface area contributed by atoms with Crippen LogP contribution in [-0.2, 0) is 0 Å². The number of Topliss-reactive ketones (excluding diaryl/α,β-unsaturated/α-hetero) is 1. The summed E-state index contributed by atoms with van der Waals surface area (Å²) in [6, 6.07) is 10.8. The summed E-state index contributed by atoms with van der Waals surface area (Å²) >= 11 is 11.4. The SMILES string of the molecule is O=C(COc1cccc(Cl)c1F)c1cccc(Cl)c1. The molecule has 2 rings (SSSR count). The summed E-state index contributed by atoms with van der Waals surface area (Å²) < 4.78 is 18.7. The van der Waals surface area contributed by atoms with Crippen molar-refractivity contribution in [2.24, 2.45) is 0 Å². The normalized spacial score (nSPS) is 10.3. The Kier molecular flexibility index (Phi) is 4.40. The lowest BCUT2D eigenvalue weighted by Crippen LogP contribution is -2.12. The molecule has 0 saturated heterocycles. The monoisotopic (exact) mass is 298 g/mol. The second-order valence-corrected chi connectivity index (χ2v) is 4.62. The van der Waals surface area contributed by atoms with Crippen molar-refractivity contribution in [1.29, 1.82) is 0 Å². The summed E-state index contributed by atoms with van der Waals surface area (Å²) in [4.78, 5) is 11.8. The highest BCUT2D eigenvalue weighted by Gasteiger charge is 2.11. The third kappa shape index (κ3) is 3.46. The Morgan fingerprint density at radius 2 is 1.89 bits per heavy atom. The van der Waals surface area contributed by atoms with E-state index in [1.54, 1.807) is 24.3 Å². The third-order valence-corrected chi connectivity index (χ3v) is 2.95. The minimum absolute atomic E-state index is 0.0484. The second kappa shape index (κ2) is 6.04. The fourth-order valence-corrected chi connectivity index (χ4v) is 1.84. The highest BCUT2D eigenvalue weighted by atomic mass is 35.5. The first kappa shape index (κ1) is 13.8. The fourth-order valence-electron chi connectivity index (χ4n) is 1.48. The van der Waals surface area contributed by atoms with Crippen LogP contribution in [-0.4, -0.2) is 12.4 Å². The van der Waals surface area contributed by atoms with Crippen LogP contribution >= 0.6 is 23.2 Å². The molecule has 0 saturated carbocycles. The lowest BCUT2D eigenvalue weighted by molar-refractivity contribution is 0.0919. The lowest BCUT2D eigenvalue weighted by Gasteiger charge is -2.07. The van der Waals surface area contributed by atoms with E-state index >= 15 is 0 Å². The Morgan fingerprint density at radius 1 is 1.16 bits per heavy atom. The van der Waals surface area contributed by atoms with Crippen molar-refractivity contribution in [3.63, 3.8) is 0 Å². The first-order valence-electron chi connectivity index (χ1n) is 5.43. The molecule has 0 bridgehead atoms. The first-order valence-corrected chi connectivity index (χ1v) is 6.19. The zero-order valence-electron chi connectivity index (χ0n) is 9.70. The van der Waals surface area contributed by atoms with E-state index in [0.29, 0.717) is 10.6 Å². The largest absolute Gasteiger partial charge is 0.482 e. The van der Waals surface area contributed by atoms with E-state index in [9.17, 15) is 9.18 Å². The predicted molar refractivity (Wildman–Crippen MR) is 72.7 cm³/mol. The Morgan fingerprint density at radius 3 is 2.63 bits per heavy atom. The molecule has 0 aliphatic rings. The molecule has 19 heavy (non-hydrogen) atoms. The molecule has 2 nitrogen and oxygen atoms in total. The Balaban J connectivity index is 2.07. The van der Waals surface area contributed by atoms with Gasteiger partial charge >= 0.3 is 0 Å². The van der Waals surface area contributed by atoms with Gasteiger partial charge in [0, 0.05) is 10.6 Å². The third-order valence-electron chi connectivity index (χ3n) is 2.42. The van der Waals surface area contributed by atoms with E-state index < -0.39 is 5.82 Å². The smallest absolute Gasteiger partial charge is 0.200 e. The number of ketones is 1. The van der Waals surface area contributed by atoms with Crippen LogP contribution in [0.3, 0.4) is 0 Å². The maximum absolute atomic E-state index is 13.5. The Labute approximate surface area is 119 Å². The molecule has 0 unspecified atom stereocenters. The highest BCUT2D eigenvalue weighted by molar-refractivity contribution is 6.31. The van der Waals surface area contributed by atoms with E-state index in [-0.39, 0.29) is 23.2 Å². The molecular weight excluding hydrogens is 290 g/mol. The van der Waals surface area contributed by atoms with E-state index in [0.717, 1.165) is 0 Å². The average molecular weight is 299 g/mol. The lowest BCUT2D eigenvalue weighted by atomic mass is 10.1. The number of rotatable bonds is 4. The molecule has 0 radical (unpaired) electrons. The maximum Gasteiger partial charge on any atom is 0.200 e. The molecule has 0 spiro atoms. The Bertz CT molecular complexity index is 614. The van der Waals surface area contributed by atoms with Gasteiger partial charge in [-0.3, -0.25) is 4.79 Å². The van der Waals surface area contributed by atoms with Gasteiger partial charge in [-0.1, -0.05) is 41.4 Å². The van der Waals surface area contributed by atoms with Crippen LogP contribution in [0, 0.1) is 5.82 Å². The van der Waals surface area contributed by atoms with Gasteiger partial charge < -0.3 is 4.74 Å². The van der Waals surface area contributed by atoms with Gasteiger partial charge in [-0.25, -0.2) is 4.39 Å². The van der Waals surface area contributed by atoms with Crippen LogP contribution in [0.1, 0.15) is 10.4 Å². The van der Waals surface area contributed by atoms with Gasteiger partial charge in [-0.15, -0.1) is 0 Å². The van der Waals surface area contributed by atoms with Gasteiger partial charge in [-0.05, 0) is 24.3 Å². The minimum Gasteiger partial charge on any atom is -0.482 e. The van der Waals surface area contributed by atoms with Crippen LogP contribution in [0.5, 0.6) is 5.75 Å². The van der Waals surface area contributed by atoms with Gasteiger partial charge in [-0.2, -0.15) is 0 Å². The summed E-state index contributed by atoms with van der Waals surface area (Å²) in [5, 5.41) is 0.410. The van der Waals surface area contributed by atoms with Crippen molar-refractivity contribution in [3.05, 3.63) is 63.9 Å². The number of halogens is 3. The van der Waals surface area contributed by atoms with Crippen LogP contribution in [0.2, 0.25) is 10.0 Å². The molecule has 0 fully saturated rings. The molecule has 5 heteroatoms. The highest BCUT2D eigenvalue weighted by Crippen LogP contribution is 2.24. The van der Waals surface area contributed by atoms with E-state index in [1.807, 2.05) is 0 Å². The van der Waals surface area contributed by atoms with E-state index in [2.05, 4.69) is 0 Å². The van der Waals surface area contributed by atoms with Crippen molar-refractivity contribution in [1.82, 2.24) is 0 Å². The van der Waals surface area contributed by atoms with Crippen LogP contribution in [0.4, 0.5) is 4.39 Å². The maximum atomic E-state index is 13.5. The molecule has 98 valence electrons. The molecule has 0 aliphatic carbocycles. The number of ether oxygens (including phenoxy) is 1. The topological polar surface area (TPSA) is 26.3 Å². The summed E-state index contributed by atoms with van der Waals surface area (Å²) in [7, 11) is 0. The van der Waals surface area contributed by atoms with Gasteiger partial charge in [0.25, 0.3) is 0 Å². The van der Waals surface area contributed by atoms with Crippen molar-refractivity contribution in [3.8, 4) is 5.75 Å². The van der Waals surface area contributed by atoms with E-state index in [4.69, 9.17) is 27.9 Å². The molecule has 0 atom stereocenters. The second-order valence-electron chi connectivity index (χ2n) is 3.77. The number of carbonyl (C=O) groups excluding carboxylic acids is 1. The van der Waals surface area contributed by atoms with Crippen molar-refractivity contribution < 1.29 is 13.9 Å². The average Bonchev–Trinajstić information content (AvgIpc) is 2.40. The van der Waals surface area contributed by atoms with Crippen LogP contribution < -0.4 is 4.74 Å². The number of hydrogen-bond acceptors (Lipinski definition) is 2. The molecule has 0 amide bonds. The fraction of sp³-hybridized carbons (Fsp3) is 0.0714. The molecule has 2 aromatic rings. The summed E-state index contributed by atoms with van der Waals surface area (Å²) in [6.07, 6.45) is 0. The number of hydrogen-bond donors (Lipinski definition) is 0.